The largest absolute Gasteiger partial charge is 0.396 e. The lowest BCUT2D eigenvalue weighted by molar-refractivity contribution is -0.0320. The van der Waals surface area contributed by atoms with Crippen LogP contribution in [-0.2, 0) is 4.74 Å². The Labute approximate surface area is 98.7 Å². The van der Waals surface area contributed by atoms with Gasteiger partial charge in [0, 0.05) is 18.4 Å². The highest BCUT2D eigenvalue weighted by Gasteiger charge is 2.47. The molecule has 0 bridgehead atoms. The second kappa shape index (κ2) is 5.33. The molecule has 2 atom stereocenters. The third-order valence-corrected chi connectivity index (χ3v) is 4.39. The molecule has 2 rings (SSSR count). The molecule has 1 saturated heterocycles. The van der Waals surface area contributed by atoms with Crippen molar-refractivity contribution in [1.82, 2.24) is 0 Å². The zero-order valence-electron chi connectivity index (χ0n) is 10.2. The molecule has 1 spiro atoms. The van der Waals surface area contributed by atoms with Crippen molar-refractivity contribution in [1.29, 1.82) is 0 Å². The van der Waals surface area contributed by atoms with E-state index in [9.17, 15) is 5.11 Å². The van der Waals surface area contributed by atoms with E-state index in [1.165, 1.54) is 32.1 Å². The number of aliphatic hydroxyl groups is 1. The summed E-state index contributed by atoms with van der Waals surface area (Å²) in [5.41, 5.74) is 0.00949. The molecule has 2 unspecified atom stereocenters. The first-order valence-electron chi connectivity index (χ1n) is 6.70. The van der Waals surface area contributed by atoms with Crippen molar-refractivity contribution >= 4 is 0 Å². The molecule has 1 aliphatic carbocycles. The number of hydrogen-bond acceptors (Lipinski definition) is 2. The van der Waals surface area contributed by atoms with E-state index in [0.29, 0.717) is 12.5 Å². The first-order valence-corrected chi connectivity index (χ1v) is 6.70. The molecule has 2 nitrogen and oxygen atoms in total. The molecule has 0 aromatic heterocycles. The van der Waals surface area contributed by atoms with Gasteiger partial charge in [-0.3, -0.25) is 0 Å². The summed E-state index contributed by atoms with van der Waals surface area (Å²) in [6, 6.07) is 0. The molecule has 2 aliphatic rings. The summed E-state index contributed by atoms with van der Waals surface area (Å²) in [5, 5.41) is 9.38. The van der Waals surface area contributed by atoms with Gasteiger partial charge in [-0.2, -0.15) is 0 Å². The monoisotopic (exact) mass is 224 g/mol. The SMILES string of the molecule is C=CC1C(CO)COC12CCCCCCC2. The lowest BCUT2D eigenvalue weighted by Crippen LogP contribution is -2.37. The second-order valence-electron chi connectivity index (χ2n) is 5.35. The summed E-state index contributed by atoms with van der Waals surface area (Å²) >= 11 is 0. The zero-order valence-corrected chi connectivity index (χ0v) is 10.2. The number of rotatable bonds is 2. The third kappa shape index (κ3) is 2.18. The highest BCUT2D eigenvalue weighted by atomic mass is 16.5. The lowest BCUT2D eigenvalue weighted by atomic mass is 9.74. The predicted octanol–water partition coefficient (Wildman–Crippen LogP) is 2.91. The first kappa shape index (κ1) is 12.1. The molecule has 0 aromatic rings. The average molecular weight is 224 g/mol. The van der Waals surface area contributed by atoms with Gasteiger partial charge in [0.15, 0.2) is 0 Å². The fraction of sp³-hybridized carbons (Fsp3) is 0.857. The topological polar surface area (TPSA) is 29.5 Å². The van der Waals surface area contributed by atoms with Crippen molar-refractivity contribution in [3.8, 4) is 0 Å². The zero-order chi connectivity index (χ0) is 11.4. The fourth-order valence-electron chi connectivity index (χ4n) is 3.46. The highest BCUT2D eigenvalue weighted by molar-refractivity contribution is 5.04. The van der Waals surface area contributed by atoms with Crippen molar-refractivity contribution in [2.24, 2.45) is 11.8 Å². The van der Waals surface area contributed by atoms with Gasteiger partial charge in [0.05, 0.1) is 12.2 Å². The van der Waals surface area contributed by atoms with Crippen molar-refractivity contribution in [2.45, 2.75) is 50.5 Å². The summed E-state index contributed by atoms with van der Waals surface area (Å²) in [4.78, 5) is 0. The summed E-state index contributed by atoms with van der Waals surface area (Å²) in [5.74, 6) is 0.632. The molecule has 16 heavy (non-hydrogen) atoms. The summed E-state index contributed by atoms with van der Waals surface area (Å²) in [6.45, 7) is 4.90. The van der Waals surface area contributed by atoms with Crippen LogP contribution in [0.1, 0.15) is 44.9 Å². The van der Waals surface area contributed by atoms with Crippen LogP contribution in [-0.4, -0.2) is 23.9 Å². The van der Waals surface area contributed by atoms with Gasteiger partial charge < -0.3 is 9.84 Å². The molecule has 1 aliphatic heterocycles. The standard InChI is InChI=1S/C14H24O2/c1-2-13-12(10-15)11-16-14(13)8-6-4-3-5-7-9-14/h2,12-13,15H,1,3-11H2. The summed E-state index contributed by atoms with van der Waals surface area (Å²) < 4.78 is 6.09. The minimum atomic E-state index is 0.00949. The normalized spacial score (nSPS) is 34.6. The first-order chi connectivity index (χ1) is 7.82. The molecule has 1 saturated carbocycles. The Bertz CT molecular complexity index is 229. The van der Waals surface area contributed by atoms with Crippen LogP contribution in [0, 0.1) is 11.8 Å². The second-order valence-corrected chi connectivity index (χ2v) is 5.35. The molecule has 92 valence electrons. The van der Waals surface area contributed by atoms with E-state index in [-0.39, 0.29) is 18.1 Å². The van der Waals surface area contributed by atoms with E-state index < -0.39 is 0 Å². The fourth-order valence-corrected chi connectivity index (χ4v) is 3.46. The van der Waals surface area contributed by atoms with E-state index in [0.717, 1.165) is 12.8 Å². The Balaban J connectivity index is 2.11. The Morgan fingerprint density at radius 2 is 1.81 bits per heavy atom. The molecule has 1 heterocycles. The number of hydrogen-bond donors (Lipinski definition) is 1. The number of aliphatic hydroxyl groups excluding tert-OH is 1. The number of ether oxygens (including phenoxy) is 1. The molecule has 1 N–H and O–H groups in total. The van der Waals surface area contributed by atoms with Crippen LogP contribution >= 0.6 is 0 Å². The van der Waals surface area contributed by atoms with Gasteiger partial charge in [-0.15, -0.1) is 6.58 Å². The molecular formula is C14H24O2. The Morgan fingerprint density at radius 1 is 1.19 bits per heavy atom. The van der Waals surface area contributed by atoms with E-state index in [4.69, 9.17) is 4.74 Å². The van der Waals surface area contributed by atoms with Crippen molar-refractivity contribution in [2.75, 3.05) is 13.2 Å². The minimum absolute atomic E-state index is 0.00949. The molecule has 0 aromatic carbocycles. The maximum absolute atomic E-state index is 9.38. The molecule has 2 heteroatoms. The Hall–Kier alpha value is -0.340. The Kier molecular flexibility index (Phi) is 4.04. The third-order valence-electron chi connectivity index (χ3n) is 4.39. The minimum Gasteiger partial charge on any atom is -0.396 e. The molecule has 0 radical (unpaired) electrons. The van der Waals surface area contributed by atoms with Crippen molar-refractivity contribution < 1.29 is 9.84 Å². The van der Waals surface area contributed by atoms with Crippen LogP contribution in [0.4, 0.5) is 0 Å². The van der Waals surface area contributed by atoms with Crippen LogP contribution in [0.3, 0.4) is 0 Å². The summed E-state index contributed by atoms with van der Waals surface area (Å²) in [7, 11) is 0. The van der Waals surface area contributed by atoms with E-state index in [1.54, 1.807) is 0 Å². The summed E-state index contributed by atoms with van der Waals surface area (Å²) in [6.07, 6.45) is 10.9. The van der Waals surface area contributed by atoms with Crippen molar-refractivity contribution in [3.05, 3.63) is 12.7 Å². The van der Waals surface area contributed by atoms with Crippen LogP contribution in [0.15, 0.2) is 12.7 Å². The van der Waals surface area contributed by atoms with Crippen LogP contribution in [0.5, 0.6) is 0 Å². The van der Waals surface area contributed by atoms with E-state index >= 15 is 0 Å². The highest BCUT2D eigenvalue weighted by Crippen LogP contribution is 2.45. The molecule has 0 amide bonds. The van der Waals surface area contributed by atoms with Crippen LogP contribution in [0.25, 0.3) is 0 Å². The predicted molar refractivity (Wildman–Crippen MR) is 65.3 cm³/mol. The van der Waals surface area contributed by atoms with E-state index in [1.807, 2.05) is 6.08 Å². The van der Waals surface area contributed by atoms with Gasteiger partial charge in [-0.1, -0.05) is 38.2 Å². The van der Waals surface area contributed by atoms with Gasteiger partial charge >= 0.3 is 0 Å². The quantitative estimate of drug-likeness (QED) is 0.731. The maximum Gasteiger partial charge on any atom is 0.0749 e. The van der Waals surface area contributed by atoms with Gasteiger partial charge in [-0.05, 0) is 12.8 Å². The van der Waals surface area contributed by atoms with Crippen LogP contribution < -0.4 is 0 Å². The van der Waals surface area contributed by atoms with Gasteiger partial charge in [0.2, 0.25) is 0 Å². The molecular weight excluding hydrogens is 200 g/mol. The lowest BCUT2D eigenvalue weighted by Gasteiger charge is -2.35. The van der Waals surface area contributed by atoms with E-state index in [2.05, 4.69) is 6.58 Å². The van der Waals surface area contributed by atoms with Crippen LogP contribution in [0.2, 0.25) is 0 Å². The average Bonchev–Trinajstić information content (AvgIpc) is 2.62. The van der Waals surface area contributed by atoms with Gasteiger partial charge in [0.25, 0.3) is 0 Å². The van der Waals surface area contributed by atoms with Gasteiger partial charge in [0.1, 0.15) is 0 Å². The Morgan fingerprint density at radius 3 is 2.38 bits per heavy atom. The maximum atomic E-state index is 9.38. The van der Waals surface area contributed by atoms with Gasteiger partial charge in [-0.25, -0.2) is 0 Å². The smallest absolute Gasteiger partial charge is 0.0749 e. The van der Waals surface area contributed by atoms with Crippen molar-refractivity contribution in [3.63, 3.8) is 0 Å². The molecule has 2 fully saturated rings.